The van der Waals surface area contributed by atoms with Crippen LogP contribution in [0.4, 0.5) is 0 Å². The van der Waals surface area contributed by atoms with Crippen LogP contribution in [0.1, 0.15) is 12.0 Å². The van der Waals surface area contributed by atoms with Gasteiger partial charge in [0.1, 0.15) is 0 Å². The van der Waals surface area contributed by atoms with E-state index in [0.29, 0.717) is 10.8 Å². The molecule has 0 bridgehead atoms. The van der Waals surface area contributed by atoms with E-state index in [1.165, 1.54) is 18.4 Å². The Bertz CT molecular complexity index is 557. The van der Waals surface area contributed by atoms with Gasteiger partial charge in [-0.2, -0.15) is 0 Å². The van der Waals surface area contributed by atoms with Crippen molar-refractivity contribution in [2.75, 3.05) is 33.8 Å². The molecular formula is C14H22N2O3S. The SMILES string of the molecule is CN(C)S(=O)(=O)c1cccc(CN2CCC(CO)C2)c1. The van der Waals surface area contributed by atoms with Crippen molar-refractivity contribution in [2.45, 2.75) is 17.9 Å². The van der Waals surface area contributed by atoms with Gasteiger partial charge in [-0.05, 0) is 36.6 Å². The van der Waals surface area contributed by atoms with Crippen LogP contribution in [0.25, 0.3) is 0 Å². The highest BCUT2D eigenvalue weighted by atomic mass is 32.2. The van der Waals surface area contributed by atoms with E-state index in [-0.39, 0.29) is 6.61 Å². The fraction of sp³-hybridized carbons (Fsp3) is 0.571. The van der Waals surface area contributed by atoms with Gasteiger partial charge in [-0.1, -0.05) is 12.1 Å². The maximum atomic E-state index is 12.1. The van der Waals surface area contributed by atoms with Gasteiger partial charge in [-0.15, -0.1) is 0 Å². The first-order valence-electron chi connectivity index (χ1n) is 6.78. The van der Waals surface area contributed by atoms with Crippen molar-refractivity contribution < 1.29 is 13.5 Å². The van der Waals surface area contributed by atoms with Gasteiger partial charge in [-0.3, -0.25) is 4.90 Å². The van der Waals surface area contributed by atoms with Crippen molar-refractivity contribution in [3.05, 3.63) is 29.8 Å². The Morgan fingerprint density at radius 2 is 2.15 bits per heavy atom. The van der Waals surface area contributed by atoms with Crippen molar-refractivity contribution in [1.82, 2.24) is 9.21 Å². The Labute approximate surface area is 120 Å². The fourth-order valence-electron chi connectivity index (χ4n) is 2.48. The quantitative estimate of drug-likeness (QED) is 0.871. The largest absolute Gasteiger partial charge is 0.396 e. The van der Waals surface area contributed by atoms with E-state index in [4.69, 9.17) is 5.11 Å². The molecule has 1 aliphatic rings. The van der Waals surface area contributed by atoms with Crippen molar-refractivity contribution in [2.24, 2.45) is 5.92 Å². The van der Waals surface area contributed by atoms with E-state index in [2.05, 4.69) is 4.90 Å². The standard InChI is InChI=1S/C14H22N2O3S/c1-15(2)20(18,19)14-5-3-4-12(8-14)9-16-7-6-13(10-16)11-17/h3-5,8,13,17H,6-7,9-11H2,1-2H3. The third-order valence-electron chi connectivity index (χ3n) is 3.71. The highest BCUT2D eigenvalue weighted by Crippen LogP contribution is 2.20. The molecule has 1 saturated heterocycles. The summed E-state index contributed by atoms with van der Waals surface area (Å²) < 4.78 is 25.4. The first kappa shape index (κ1) is 15.4. The van der Waals surface area contributed by atoms with Gasteiger partial charge in [0.2, 0.25) is 10.0 Å². The summed E-state index contributed by atoms with van der Waals surface area (Å²) in [7, 11) is -0.302. The van der Waals surface area contributed by atoms with Crippen LogP contribution in [0, 0.1) is 5.92 Å². The van der Waals surface area contributed by atoms with Crippen LogP contribution in [0.2, 0.25) is 0 Å². The summed E-state index contributed by atoms with van der Waals surface area (Å²) in [5, 5.41) is 9.15. The minimum Gasteiger partial charge on any atom is -0.396 e. The molecule has 0 saturated carbocycles. The number of hydrogen-bond acceptors (Lipinski definition) is 4. The third kappa shape index (κ3) is 3.38. The molecule has 0 aromatic heterocycles. The number of nitrogens with zero attached hydrogens (tertiary/aromatic N) is 2. The van der Waals surface area contributed by atoms with Gasteiger partial charge in [0, 0.05) is 33.8 Å². The monoisotopic (exact) mass is 298 g/mol. The van der Waals surface area contributed by atoms with Gasteiger partial charge in [0.25, 0.3) is 0 Å². The number of hydrogen-bond donors (Lipinski definition) is 1. The summed E-state index contributed by atoms with van der Waals surface area (Å²) >= 11 is 0. The number of likely N-dealkylation sites (tertiary alicyclic amines) is 1. The van der Waals surface area contributed by atoms with Gasteiger partial charge in [0.05, 0.1) is 4.90 Å². The zero-order chi connectivity index (χ0) is 14.8. The summed E-state index contributed by atoms with van der Waals surface area (Å²) in [4.78, 5) is 2.58. The second kappa shape index (κ2) is 6.22. The first-order chi connectivity index (χ1) is 9.43. The molecule has 1 aromatic rings. The van der Waals surface area contributed by atoms with E-state index >= 15 is 0 Å². The lowest BCUT2D eigenvalue weighted by Gasteiger charge is -2.17. The smallest absolute Gasteiger partial charge is 0.242 e. The molecule has 1 unspecified atom stereocenters. The number of benzene rings is 1. The summed E-state index contributed by atoms with van der Waals surface area (Å²) in [6.07, 6.45) is 1.01. The van der Waals surface area contributed by atoms with E-state index in [1.54, 1.807) is 18.2 Å². The first-order valence-corrected chi connectivity index (χ1v) is 8.22. The Hall–Kier alpha value is -0.950. The van der Waals surface area contributed by atoms with Crippen LogP contribution in [0.3, 0.4) is 0 Å². The Morgan fingerprint density at radius 3 is 2.75 bits per heavy atom. The third-order valence-corrected chi connectivity index (χ3v) is 5.52. The van der Waals surface area contributed by atoms with Crippen LogP contribution in [-0.4, -0.2) is 56.5 Å². The molecule has 0 amide bonds. The minimum absolute atomic E-state index is 0.228. The number of aliphatic hydroxyl groups is 1. The summed E-state index contributed by atoms with van der Waals surface area (Å²) in [6.45, 7) is 2.79. The average molecular weight is 298 g/mol. The molecule has 1 aromatic carbocycles. The van der Waals surface area contributed by atoms with Crippen LogP contribution >= 0.6 is 0 Å². The van der Waals surface area contributed by atoms with Crippen LogP contribution in [0.5, 0.6) is 0 Å². The van der Waals surface area contributed by atoms with Gasteiger partial charge < -0.3 is 5.11 Å². The molecule has 1 atom stereocenters. The second-order valence-electron chi connectivity index (χ2n) is 5.51. The Balaban J connectivity index is 2.11. The predicted molar refractivity (Wildman–Crippen MR) is 77.8 cm³/mol. The van der Waals surface area contributed by atoms with E-state index in [0.717, 1.165) is 31.6 Å². The molecule has 1 heterocycles. The van der Waals surface area contributed by atoms with Crippen molar-refractivity contribution in [3.8, 4) is 0 Å². The molecular weight excluding hydrogens is 276 g/mol. The van der Waals surface area contributed by atoms with E-state index < -0.39 is 10.0 Å². The molecule has 0 spiro atoms. The van der Waals surface area contributed by atoms with E-state index in [1.807, 2.05) is 6.07 Å². The van der Waals surface area contributed by atoms with Gasteiger partial charge in [-0.25, -0.2) is 12.7 Å². The molecule has 1 fully saturated rings. The number of sulfonamides is 1. The molecule has 0 aliphatic carbocycles. The van der Waals surface area contributed by atoms with Crippen LogP contribution in [0.15, 0.2) is 29.2 Å². The minimum atomic E-state index is -3.37. The number of rotatable bonds is 5. The van der Waals surface area contributed by atoms with E-state index in [9.17, 15) is 8.42 Å². The van der Waals surface area contributed by atoms with Crippen molar-refractivity contribution >= 4 is 10.0 Å². The molecule has 1 aliphatic heterocycles. The topological polar surface area (TPSA) is 60.9 Å². The Morgan fingerprint density at radius 1 is 1.40 bits per heavy atom. The maximum absolute atomic E-state index is 12.1. The Kier molecular flexibility index (Phi) is 4.80. The molecule has 2 rings (SSSR count). The van der Waals surface area contributed by atoms with Crippen molar-refractivity contribution in [3.63, 3.8) is 0 Å². The molecule has 5 nitrogen and oxygen atoms in total. The molecule has 20 heavy (non-hydrogen) atoms. The normalized spacial score (nSPS) is 20.7. The lowest BCUT2D eigenvalue weighted by Crippen LogP contribution is -2.23. The lowest BCUT2D eigenvalue weighted by atomic mass is 10.1. The maximum Gasteiger partial charge on any atom is 0.242 e. The zero-order valence-corrected chi connectivity index (χ0v) is 12.8. The second-order valence-corrected chi connectivity index (χ2v) is 7.66. The fourth-order valence-corrected chi connectivity index (χ4v) is 3.45. The summed E-state index contributed by atoms with van der Waals surface area (Å²) in [6, 6.07) is 7.09. The molecule has 0 radical (unpaired) electrons. The summed E-state index contributed by atoms with van der Waals surface area (Å²) in [5.74, 6) is 0.351. The average Bonchev–Trinajstić information content (AvgIpc) is 2.86. The molecule has 112 valence electrons. The van der Waals surface area contributed by atoms with Gasteiger partial charge in [0.15, 0.2) is 0 Å². The van der Waals surface area contributed by atoms with Crippen LogP contribution < -0.4 is 0 Å². The van der Waals surface area contributed by atoms with Gasteiger partial charge >= 0.3 is 0 Å². The highest BCUT2D eigenvalue weighted by Gasteiger charge is 2.22. The predicted octanol–water partition coefficient (Wildman–Crippen LogP) is 0.751. The highest BCUT2D eigenvalue weighted by molar-refractivity contribution is 7.89. The van der Waals surface area contributed by atoms with Crippen molar-refractivity contribution in [1.29, 1.82) is 0 Å². The lowest BCUT2D eigenvalue weighted by molar-refractivity contribution is 0.220. The number of aliphatic hydroxyl groups excluding tert-OH is 1. The summed E-state index contributed by atoms with van der Waals surface area (Å²) in [5.41, 5.74) is 0.992. The van der Waals surface area contributed by atoms with Crippen LogP contribution in [-0.2, 0) is 16.6 Å². The molecule has 6 heteroatoms. The zero-order valence-electron chi connectivity index (χ0n) is 12.0. The molecule has 1 N–H and O–H groups in total.